The predicted octanol–water partition coefficient (Wildman–Crippen LogP) is 2.90. The molecule has 5 nitrogen and oxygen atoms in total. The highest BCUT2D eigenvalue weighted by molar-refractivity contribution is 5.91. The smallest absolute Gasteiger partial charge is 0.337 e. The fourth-order valence-electron chi connectivity index (χ4n) is 2.01. The second-order valence-electron chi connectivity index (χ2n) is 4.36. The van der Waals surface area contributed by atoms with Crippen molar-refractivity contribution in [3.05, 3.63) is 66.6 Å². The Labute approximate surface area is 121 Å². The lowest BCUT2D eigenvalue weighted by molar-refractivity contribution is 0.0696. The second-order valence-corrected chi connectivity index (χ2v) is 4.36. The highest BCUT2D eigenvalue weighted by Gasteiger charge is 2.14. The summed E-state index contributed by atoms with van der Waals surface area (Å²) in [6.07, 6.45) is 4.66. The van der Waals surface area contributed by atoms with Crippen LogP contribution in [0.3, 0.4) is 0 Å². The van der Waals surface area contributed by atoms with E-state index in [1.165, 1.54) is 6.20 Å². The first-order valence-electron chi connectivity index (χ1n) is 6.32. The van der Waals surface area contributed by atoms with Crippen molar-refractivity contribution in [1.29, 1.82) is 0 Å². The van der Waals surface area contributed by atoms with E-state index in [0.717, 1.165) is 0 Å². The van der Waals surface area contributed by atoms with E-state index < -0.39 is 5.97 Å². The van der Waals surface area contributed by atoms with Crippen molar-refractivity contribution in [2.45, 2.75) is 0 Å². The molecule has 0 unspecified atom stereocenters. The van der Waals surface area contributed by atoms with Crippen LogP contribution in [0.5, 0.6) is 0 Å². The summed E-state index contributed by atoms with van der Waals surface area (Å²) in [6, 6.07) is 12.5. The minimum absolute atomic E-state index is 0.121. The number of rotatable bonds is 3. The average molecular weight is 277 g/mol. The van der Waals surface area contributed by atoms with Crippen molar-refractivity contribution >= 4 is 5.97 Å². The van der Waals surface area contributed by atoms with Gasteiger partial charge in [-0.3, -0.25) is 15.0 Å². The van der Waals surface area contributed by atoms with Crippen molar-refractivity contribution in [3.63, 3.8) is 0 Å². The van der Waals surface area contributed by atoms with Crippen LogP contribution in [0, 0.1) is 0 Å². The van der Waals surface area contributed by atoms with Gasteiger partial charge in [0.2, 0.25) is 0 Å². The van der Waals surface area contributed by atoms with Gasteiger partial charge >= 0.3 is 5.97 Å². The minimum atomic E-state index is -1.02. The number of pyridine rings is 3. The van der Waals surface area contributed by atoms with Gasteiger partial charge < -0.3 is 5.11 Å². The Kier molecular flexibility index (Phi) is 3.39. The number of hydrogen-bond acceptors (Lipinski definition) is 4. The highest BCUT2D eigenvalue weighted by Crippen LogP contribution is 2.28. The summed E-state index contributed by atoms with van der Waals surface area (Å²) < 4.78 is 0. The van der Waals surface area contributed by atoms with Crippen molar-refractivity contribution in [2.75, 3.05) is 0 Å². The molecule has 0 amide bonds. The minimum Gasteiger partial charge on any atom is -0.478 e. The first-order chi connectivity index (χ1) is 10.3. The molecule has 0 aliphatic rings. The molecule has 5 heteroatoms. The number of carboxylic acids is 1. The molecule has 1 N–H and O–H groups in total. The molecule has 3 aromatic rings. The van der Waals surface area contributed by atoms with Gasteiger partial charge in [-0.1, -0.05) is 12.1 Å². The number of hydrogen-bond donors (Lipinski definition) is 1. The van der Waals surface area contributed by atoms with Crippen LogP contribution in [0.25, 0.3) is 22.6 Å². The van der Waals surface area contributed by atoms with Crippen LogP contribution in [0.2, 0.25) is 0 Å². The monoisotopic (exact) mass is 277 g/mol. The highest BCUT2D eigenvalue weighted by atomic mass is 16.4. The van der Waals surface area contributed by atoms with E-state index in [4.69, 9.17) is 5.11 Å². The third-order valence-corrected chi connectivity index (χ3v) is 2.98. The van der Waals surface area contributed by atoms with E-state index >= 15 is 0 Å². The number of carbonyl (C=O) groups is 1. The molecule has 0 saturated carbocycles. The molecule has 0 fully saturated rings. The van der Waals surface area contributed by atoms with Crippen LogP contribution >= 0.6 is 0 Å². The van der Waals surface area contributed by atoms with Gasteiger partial charge in [0.05, 0.1) is 22.6 Å². The Balaban J connectivity index is 2.23. The molecular formula is C16H11N3O2. The zero-order valence-corrected chi connectivity index (χ0v) is 11.0. The third kappa shape index (κ3) is 2.62. The van der Waals surface area contributed by atoms with Gasteiger partial charge in [-0.05, 0) is 30.3 Å². The van der Waals surface area contributed by atoms with Crippen LogP contribution in [0.15, 0.2) is 61.1 Å². The Morgan fingerprint density at radius 3 is 2.14 bits per heavy atom. The lowest BCUT2D eigenvalue weighted by atomic mass is 10.0. The van der Waals surface area contributed by atoms with Crippen molar-refractivity contribution in [1.82, 2.24) is 15.0 Å². The van der Waals surface area contributed by atoms with Crippen LogP contribution in [0.4, 0.5) is 0 Å². The van der Waals surface area contributed by atoms with Gasteiger partial charge in [-0.2, -0.15) is 0 Å². The summed E-state index contributed by atoms with van der Waals surface area (Å²) in [7, 11) is 0. The molecule has 0 aliphatic heterocycles. The van der Waals surface area contributed by atoms with E-state index in [2.05, 4.69) is 15.0 Å². The Bertz CT molecular complexity index is 774. The molecule has 21 heavy (non-hydrogen) atoms. The van der Waals surface area contributed by atoms with Gasteiger partial charge in [0, 0.05) is 24.2 Å². The topological polar surface area (TPSA) is 76.0 Å². The SMILES string of the molecule is O=C(O)c1cnc(-c2ccccn2)c(-c2ccccn2)c1. The lowest BCUT2D eigenvalue weighted by Crippen LogP contribution is -2.01. The summed E-state index contributed by atoms with van der Waals surface area (Å²) in [5.41, 5.74) is 2.72. The fourth-order valence-corrected chi connectivity index (χ4v) is 2.01. The largest absolute Gasteiger partial charge is 0.478 e. The molecule has 3 aromatic heterocycles. The van der Waals surface area contributed by atoms with Crippen molar-refractivity contribution < 1.29 is 9.90 Å². The van der Waals surface area contributed by atoms with Crippen molar-refractivity contribution in [3.8, 4) is 22.6 Å². The van der Waals surface area contributed by atoms with E-state index in [-0.39, 0.29) is 5.56 Å². The quantitative estimate of drug-likeness (QED) is 0.796. The molecule has 3 rings (SSSR count). The second kappa shape index (κ2) is 5.50. The molecule has 0 saturated heterocycles. The standard InChI is InChI=1S/C16H11N3O2/c20-16(21)11-9-12(13-5-1-3-7-17-13)15(19-10-11)14-6-2-4-8-18-14/h1-10H,(H,20,21). The third-order valence-electron chi connectivity index (χ3n) is 2.98. The van der Waals surface area contributed by atoms with Crippen LogP contribution in [-0.2, 0) is 0 Å². The van der Waals surface area contributed by atoms with Gasteiger partial charge in [0.15, 0.2) is 0 Å². The first kappa shape index (κ1) is 12.9. The van der Waals surface area contributed by atoms with Gasteiger partial charge in [-0.15, -0.1) is 0 Å². The van der Waals surface area contributed by atoms with Crippen LogP contribution in [-0.4, -0.2) is 26.0 Å². The van der Waals surface area contributed by atoms with Crippen LogP contribution in [0.1, 0.15) is 10.4 Å². The summed E-state index contributed by atoms with van der Waals surface area (Å²) in [5.74, 6) is -1.02. The summed E-state index contributed by atoms with van der Waals surface area (Å²) >= 11 is 0. The first-order valence-corrected chi connectivity index (χ1v) is 6.32. The summed E-state index contributed by atoms with van der Waals surface area (Å²) in [4.78, 5) is 24.0. The predicted molar refractivity (Wildman–Crippen MR) is 77.7 cm³/mol. The zero-order chi connectivity index (χ0) is 14.7. The normalized spacial score (nSPS) is 10.3. The molecule has 0 bridgehead atoms. The fraction of sp³-hybridized carbons (Fsp3) is 0. The zero-order valence-electron chi connectivity index (χ0n) is 11.0. The van der Waals surface area contributed by atoms with Crippen LogP contribution < -0.4 is 0 Å². The van der Waals surface area contributed by atoms with Gasteiger partial charge in [0.25, 0.3) is 0 Å². The maximum absolute atomic E-state index is 11.2. The number of carboxylic acid groups (broad SMARTS) is 1. The maximum atomic E-state index is 11.2. The number of nitrogens with zero attached hydrogens (tertiary/aromatic N) is 3. The molecular weight excluding hydrogens is 266 g/mol. The summed E-state index contributed by atoms with van der Waals surface area (Å²) in [6.45, 7) is 0. The van der Waals surface area contributed by atoms with Gasteiger partial charge in [-0.25, -0.2) is 4.79 Å². The average Bonchev–Trinajstić information content (AvgIpc) is 2.56. The van der Waals surface area contributed by atoms with Gasteiger partial charge in [0.1, 0.15) is 0 Å². The number of aromatic nitrogens is 3. The lowest BCUT2D eigenvalue weighted by Gasteiger charge is -2.08. The van der Waals surface area contributed by atoms with E-state index in [9.17, 15) is 4.79 Å². The molecule has 0 radical (unpaired) electrons. The maximum Gasteiger partial charge on any atom is 0.337 e. The molecule has 0 aromatic carbocycles. The molecule has 0 atom stereocenters. The van der Waals surface area contributed by atoms with E-state index in [1.54, 1.807) is 24.5 Å². The number of aromatic carboxylic acids is 1. The Hall–Kier alpha value is -3.08. The van der Waals surface area contributed by atoms with E-state index in [1.807, 2.05) is 30.3 Å². The Morgan fingerprint density at radius 2 is 1.57 bits per heavy atom. The molecule has 102 valence electrons. The molecule has 3 heterocycles. The molecule has 0 spiro atoms. The summed E-state index contributed by atoms with van der Waals surface area (Å²) in [5, 5.41) is 9.14. The van der Waals surface area contributed by atoms with Crippen molar-refractivity contribution in [2.24, 2.45) is 0 Å². The van der Waals surface area contributed by atoms with E-state index in [0.29, 0.717) is 22.6 Å². The molecule has 0 aliphatic carbocycles. The Morgan fingerprint density at radius 1 is 0.905 bits per heavy atom.